The van der Waals surface area contributed by atoms with Crippen molar-refractivity contribution in [2.75, 3.05) is 5.32 Å². The fourth-order valence-corrected chi connectivity index (χ4v) is 3.48. The number of carbonyl (C=O) groups excluding carboxylic acids is 1. The number of halogens is 2. The molecule has 2 heterocycles. The number of nitrogens with one attached hydrogen (secondary N) is 1. The molecule has 0 saturated carbocycles. The number of rotatable bonds is 3. The zero-order valence-electron chi connectivity index (χ0n) is 12.0. The van der Waals surface area contributed by atoms with E-state index in [0.29, 0.717) is 31.3 Å². The van der Waals surface area contributed by atoms with E-state index in [2.05, 4.69) is 15.3 Å². The number of benzene rings is 1. The van der Waals surface area contributed by atoms with Crippen LogP contribution in [0.4, 0.5) is 5.69 Å². The Morgan fingerprint density at radius 3 is 2.57 bits per heavy atom. The number of hydrogen-bond acceptors (Lipinski definition) is 4. The smallest absolute Gasteiger partial charge is 0.267 e. The van der Waals surface area contributed by atoms with Gasteiger partial charge in [-0.1, -0.05) is 29.3 Å². The minimum Gasteiger partial charge on any atom is -0.321 e. The van der Waals surface area contributed by atoms with Gasteiger partial charge in [0.15, 0.2) is 0 Å². The van der Waals surface area contributed by atoms with Crippen LogP contribution in [0, 0.1) is 6.92 Å². The lowest BCUT2D eigenvalue weighted by molar-refractivity contribution is 0.103. The minimum atomic E-state index is -0.250. The van der Waals surface area contributed by atoms with Crippen LogP contribution in [0.15, 0.2) is 42.6 Å². The zero-order chi connectivity index (χ0) is 16.4. The van der Waals surface area contributed by atoms with Crippen molar-refractivity contribution in [2.24, 2.45) is 0 Å². The number of hydrogen-bond donors (Lipinski definition) is 1. The van der Waals surface area contributed by atoms with Crippen molar-refractivity contribution in [1.29, 1.82) is 0 Å². The molecule has 0 saturated heterocycles. The lowest BCUT2D eigenvalue weighted by Gasteiger charge is -2.05. The summed E-state index contributed by atoms with van der Waals surface area (Å²) in [4.78, 5) is 21.7. The molecule has 0 radical (unpaired) electrons. The third-order valence-corrected chi connectivity index (χ3v) is 4.62. The molecule has 3 rings (SSSR count). The second kappa shape index (κ2) is 6.66. The van der Waals surface area contributed by atoms with Crippen LogP contribution in [0.25, 0.3) is 10.7 Å². The van der Waals surface area contributed by atoms with E-state index in [-0.39, 0.29) is 5.91 Å². The van der Waals surface area contributed by atoms with Gasteiger partial charge in [-0.2, -0.15) is 0 Å². The van der Waals surface area contributed by atoms with E-state index in [4.69, 9.17) is 23.2 Å². The van der Waals surface area contributed by atoms with E-state index in [1.807, 2.05) is 18.2 Å². The maximum atomic E-state index is 12.5. The van der Waals surface area contributed by atoms with Crippen LogP contribution >= 0.6 is 34.5 Å². The number of pyridine rings is 1. The van der Waals surface area contributed by atoms with Crippen molar-refractivity contribution in [1.82, 2.24) is 9.97 Å². The van der Waals surface area contributed by atoms with Crippen molar-refractivity contribution in [3.05, 3.63) is 63.2 Å². The SMILES string of the molecule is Cc1nc(-c2ccccn2)sc1C(=O)Nc1cc(Cl)cc(Cl)c1. The van der Waals surface area contributed by atoms with Gasteiger partial charge in [-0.3, -0.25) is 9.78 Å². The maximum Gasteiger partial charge on any atom is 0.267 e. The molecule has 0 spiro atoms. The predicted molar refractivity (Wildman–Crippen MR) is 94.5 cm³/mol. The van der Waals surface area contributed by atoms with Gasteiger partial charge in [0.05, 0.1) is 11.4 Å². The third kappa shape index (κ3) is 3.69. The summed E-state index contributed by atoms with van der Waals surface area (Å²) in [6.45, 7) is 1.79. The Balaban J connectivity index is 1.87. The van der Waals surface area contributed by atoms with E-state index in [0.717, 1.165) is 5.69 Å². The molecule has 0 aliphatic carbocycles. The van der Waals surface area contributed by atoms with Gasteiger partial charge < -0.3 is 5.32 Å². The predicted octanol–water partition coefficient (Wildman–Crippen LogP) is 5.07. The molecule has 3 aromatic rings. The second-order valence-corrected chi connectivity index (χ2v) is 6.63. The molecule has 2 aromatic heterocycles. The Morgan fingerprint density at radius 1 is 1.17 bits per heavy atom. The average Bonchev–Trinajstić information content (AvgIpc) is 2.89. The number of aromatic nitrogens is 2. The van der Waals surface area contributed by atoms with Crippen LogP contribution < -0.4 is 5.32 Å². The summed E-state index contributed by atoms with van der Waals surface area (Å²) in [6, 6.07) is 10.5. The summed E-state index contributed by atoms with van der Waals surface area (Å²) in [7, 11) is 0. The van der Waals surface area contributed by atoms with Crippen LogP contribution in [0.5, 0.6) is 0 Å². The van der Waals surface area contributed by atoms with E-state index >= 15 is 0 Å². The Hall–Kier alpha value is -1.95. The fourth-order valence-electron chi connectivity index (χ4n) is 2.02. The Kier molecular flexibility index (Phi) is 4.61. The van der Waals surface area contributed by atoms with Gasteiger partial charge in [0.1, 0.15) is 9.88 Å². The summed E-state index contributed by atoms with van der Waals surface area (Å²) in [6.07, 6.45) is 1.69. The highest BCUT2D eigenvalue weighted by molar-refractivity contribution is 7.17. The Morgan fingerprint density at radius 2 is 1.91 bits per heavy atom. The van der Waals surface area contributed by atoms with Gasteiger partial charge >= 0.3 is 0 Å². The first-order valence-electron chi connectivity index (χ1n) is 6.69. The number of anilines is 1. The topological polar surface area (TPSA) is 54.9 Å². The molecule has 1 aromatic carbocycles. The van der Waals surface area contributed by atoms with Crippen LogP contribution in [0.1, 0.15) is 15.4 Å². The van der Waals surface area contributed by atoms with Gasteiger partial charge in [0.25, 0.3) is 5.91 Å². The third-order valence-electron chi connectivity index (χ3n) is 3.01. The molecule has 0 fully saturated rings. The molecule has 0 bridgehead atoms. The fraction of sp³-hybridized carbons (Fsp3) is 0.0625. The molecule has 7 heteroatoms. The first-order chi connectivity index (χ1) is 11.0. The number of amides is 1. The molecule has 0 atom stereocenters. The summed E-state index contributed by atoms with van der Waals surface area (Å²) < 4.78 is 0. The van der Waals surface area contributed by atoms with Crippen LogP contribution in [-0.4, -0.2) is 15.9 Å². The van der Waals surface area contributed by atoms with Crippen molar-refractivity contribution in [3.63, 3.8) is 0 Å². The van der Waals surface area contributed by atoms with Gasteiger partial charge in [-0.15, -0.1) is 11.3 Å². The zero-order valence-corrected chi connectivity index (χ0v) is 14.3. The molecule has 1 amide bonds. The summed E-state index contributed by atoms with van der Waals surface area (Å²) >= 11 is 13.2. The Labute approximate surface area is 147 Å². The molecule has 23 heavy (non-hydrogen) atoms. The first kappa shape index (κ1) is 15.9. The maximum absolute atomic E-state index is 12.5. The van der Waals surface area contributed by atoms with Crippen LogP contribution in [0.3, 0.4) is 0 Å². The highest BCUT2D eigenvalue weighted by Crippen LogP contribution is 2.28. The quantitative estimate of drug-likeness (QED) is 0.706. The summed E-state index contributed by atoms with van der Waals surface area (Å²) in [5.41, 5.74) is 1.94. The number of carbonyl (C=O) groups is 1. The lowest BCUT2D eigenvalue weighted by Crippen LogP contribution is -2.11. The van der Waals surface area contributed by atoms with E-state index < -0.39 is 0 Å². The van der Waals surface area contributed by atoms with Gasteiger partial charge in [-0.25, -0.2) is 4.98 Å². The molecule has 0 aliphatic rings. The summed E-state index contributed by atoms with van der Waals surface area (Å²) in [5.74, 6) is -0.250. The molecule has 116 valence electrons. The number of aryl methyl sites for hydroxylation is 1. The minimum absolute atomic E-state index is 0.250. The van der Waals surface area contributed by atoms with Gasteiger partial charge in [-0.05, 0) is 37.3 Å². The molecule has 0 unspecified atom stereocenters. The van der Waals surface area contributed by atoms with Crippen molar-refractivity contribution < 1.29 is 4.79 Å². The van der Waals surface area contributed by atoms with Crippen molar-refractivity contribution >= 4 is 46.1 Å². The normalized spacial score (nSPS) is 10.6. The standard InChI is InChI=1S/C16H11Cl2N3OS/c1-9-14(23-16(20-9)13-4-2-3-5-19-13)15(22)21-12-7-10(17)6-11(18)8-12/h2-8H,1H3,(H,21,22). The van der Waals surface area contributed by atoms with Crippen LogP contribution in [0.2, 0.25) is 10.0 Å². The second-order valence-electron chi connectivity index (χ2n) is 4.76. The summed E-state index contributed by atoms with van der Waals surface area (Å²) in [5, 5.41) is 4.42. The highest BCUT2D eigenvalue weighted by atomic mass is 35.5. The first-order valence-corrected chi connectivity index (χ1v) is 8.26. The van der Waals surface area contributed by atoms with Gasteiger partial charge in [0.2, 0.25) is 0 Å². The number of nitrogens with zero attached hydrogens (tertiary/aromatic N) is 2. The van der Waals surface area contributed by atoms with E-state index in [9.17, 15) is 4.79 Å². The average molecular weight is 364 g/mol. The molecule has 4 nitrogen and oxygen atoms in total. The molecule has 1 N–H and O–H groups in total. The lowest BCUT2D eigenvalue weighted by atomic mass is 10.3. The van der Waals surface area contributed by atoms with E-state index in [1.54, 1.807) is 31.3 Å². The van der Waals surface area contributed by atoms with Crippen molar-refractivity contribution in [2.45, 2.75) is 6.92 Å². The molecular formula is C16H11Cl2N3OS. The highest BCUT2D eigenvalue weighted by Gasteiger charge is 2.17. The monoisotopic (exact) mass is 363 g/mol. The van der Waals surface area contributed by atoms with Crippen molar-refractivity contribution in [3.8, 4) is 10.7 Å². The number of thiazole rings is 1. The van der Waals surface area contributed by atoms with Gasteiger partial charge in [0, 0.05) is 21.9 Å². The molecule has 0 aliphatic heterocycles. The van der Waals surface area contributed by atoms with E-state index in [1.165, 1.54) is 11.3 Å². The largest absolute Gasteiger partial charge is 0.321 e. The van der Waals surface area contributed by atoms with Crippen LogP contribution in [-0.2, 0) is 0 Å². The molecular weight excluding hydrogens is 353 g/mol. The Bertz CT molecular complexity index is 845.